The first-order valence-electron chi connectivity index (χ1n) is 6.99. The molecule has 2 aromatic heterocycles. The molecule has 6 heteroatoms. The summed E-state index contributed by atoms with van der Waals surface area (Å²) in [7, 11) is 1.54. The number of carbonyl (C=O) groups is 1. The van der Waals surface area contributed by atoms with E-state index in [0.717, 1.165) is 11.3 Å². The smallest absolute Gasteiger partial charge is 0.255 e. The number of thiophene rings is 1. The lowest BCUT2D eigenvalue weighted by molar-refractivity contribution is 0.0948. The Morgan fingerprint density at radius 3 is 2.78 bits per heavy atom. The Morgan fingerprint density at radius 1 is 1.35 bits per heavy atom. The number of nitrogens with one attached hydrogen (secondary N) is 1. The van der Waals surface area contributed by atoms with Gasteiger partial charge in [0.2, 0.25) is 0 Å². The van der Waals surface area contributed by atoms with Crippen molar-refractivity contribution in [1.29, 1.82) is 0 Å². The maximum Gasteiger partial charge on any atom is 0.255 e. The summed E-state index contributed by atoms with van der Waals surface area (Å²) in [6, 6.07) is 9.19. The van der Waals surface area contributed by atoms with Crippen molar-refractivity contribution in [2.24, 2.45) is 0 Å². The van der Waals surface area contributed by atoms with E-state index >= 15 is 0 Å². The summed E-state index contributed by atoms with van der Waals surface area (Å²) < 4.78 is 7.24. The highest BCUT2D eigenvalue weighted by Crippen LogP contribution is 2.30. The van der Waals surface area contributed by atoms with Crippen LogP contribution in [0.5, 0.6) is 5.75 Å². The van der Waals surface area contributed by atoms with Crippen molar-refractivity contribution in [3.8, 4) is 11.4 Å². The Morgan fingerprint density at radius 2 is 2.13 bits per heavy atom. The Balaban J connectivity index is 1.86. The standard InChI is InChI=1S/C17H15ClN2O2S/c1-22-16-9-15(20-5-2-3-6-20)14(18)8-13(16)17(21)19-10-12-4-7-23-11-12/h2-9,11H,10H2,1H3,(H,19,21). The van der Waals surface area contributed by atoms with Crippen LogP contribution in [0.2, 0.25) is 5.02 Å². The van der Waals surface area contributed by atoms with Gasteiger partial charge >= 0.3 is 0 Å². The van der Waals surface area contributed by atoms with Crippen LogP contribution in [0.1, 0.15) is 15.9 Å². The van der Waals surface area contributed by atoms with Gasteiger partial charge in [-0.1, -0.05) is 11.6 Å². The molecule has 23 heavy (non-hydrogen) atoms. The third-order valence-corrected chi connectivity index (χ3v) is 4.46. The third kappa shape index (κ3) is 3.41. The topological polar surface area (TPSA) is 43.3 Å². The van der Waals surface area contributed by atoms with Crippen molar-refractivity contribution in [2.45, 2.75) is 6.54 Å². The number of hydrogen-bond acceptors (Lipinski definition) is 3. The zero-order chi connectivity index (χ0) is 16.2. The largest absolute Gasteiger partial charge is 0.496 e. The molecule has 4 nitrogen and oxygen atoms in total. The number of carbonyl (C=O) groups excluding carboxylic acids is 1. The van der Waals surface area contributed by atoms with Crippen LogP contribution in [-0.4, -0.2) is 17.6 Å². The lowest BCUT2D eigenvalue weighted by Gasteiger charge is -2.13. The molecule has 0 radical (unpaired) electrons. The number of methoxy groups -OCH3 is 1. The summed E-state index contributed by atoms with van der Waals surface area (Å²) in [5.74, 6) is 0.273. The number of hydrogen-bond donors (Lipinski definition) is 1. The number of aromatic nitrogens is 1. The van der Waals surface area contributed by atoms with Gasteiger partial charge in [0, 0.05) is 25.0 Å². The zero-order valence-corrected chi connectivity index (χ0v) is 14.0. The maximum atomic E-state index is 12.4. The molecule has 0 atom stereocenters. The fourth-order valence-electron chi connectivity index (χ4n) is 2.25. The highest BCUT2D eigenvalue weighted by Gasteiger charge is 2.16. The van der Waals surface area contributed by atoms with Gasteiger partial charge in [-0.05, 0) is 40.6 Å². The minimum absolute atomic E-state index is 0.214. The number of nitrogens with zero attached hydrogens (tertiary/aromatic N) is 1. The average molecular weight is 347 g/mol. The summed E-state index contributed by atoms with van der Waals surface area (Å²) >= 11 is 7.94. The highest BCUT2D eigenvalue weighted by molar-refractivity contribution is 7.07. The molecule has 0 unspecified atom stereocenters. The van der Waals surface area contributed by atoms with Crippen LogP contribution < -0.4 is 10.1 Å². The van der Waals surface area contributed by atoms with E-state index in [2.05, 4.69) is 5.32 Å². The lowest BCUT2D eigenvalue weighted by Crippen LogP contribution is -2.23. The van der Waals surface area contributed by atoms with Crippen LogP contribution in [-0.2, 0) is 6.54 Å². The van der Waals surface area contributed by atoms with E-state index in [1.807, 2.05) is 45.9 Å². The van der Waals surface area contributed by atoms with Crippen LogP contribution in [0, 0.1) is 0 Å². The van der Waals surface area contributed by atoms with Gasteiger partial charge in [-0.25, -0.2) is 0 Å². The Hall–Kier alpha value is -2.24. The van der Waals surface area contributed by atoms with Gasteiger partial charge in [-0.15, -0.1) is 0 Å². The summed E-state index contributed by atoms with van der Waals surface area (Å²) in [4.78, 5) is 12.4. The number of benzene rings is 1. The van der Waals surface area contributed by atoms with E-state index in [-0.39, 0.29) is 5.91 Å². The minimum atomic E-state index is -0.214. The second-order valence-electron chi connectivity index (χ2n) is 4.91. The van der Waals surface area contributed by atoms with Gasteiger partial charge in [-0.3, -0.25) is 4.79 Å². The molecule has 0 fully saturated rings. The molecular weight excluding hydrogens is 332 g/mol. The van der Waals surface area contributed by atoms with E-state index in [0.29, 0.717) is 22.9 Å². The van der Waals surface area contributed by atoms with Crippen LogP contribution in [0.25, 0.3) is 5.69 Å². The van der Waals surface area contributed by atoms with Gasteiger partial charge in [0.15, 0.2) is 0 Å². The second-order valence-corrected chi connectivity index (χ2v) is 6.10. The number of amides is 1. The zero-order valence-electron chi connectivity index (χ0n) is 12.5. The normalized spacial score (nSPS) is 10.5. The van der Waals surface area contributed by atoms with E-state index in [9.17, 15) is 4.79 Å². The number of rotatable bonds is 5. The summed E-state index contributed by atoms with van der Waals surface area (Å²) in [6.45, 7) is 0.475. The van der Waals surface area contributed by atoms with E-state index in [1.54, 1.807) is 30.6 Å². The first kappa shape index (κ1) is 15.6. The minimum Gasteiger partial charge on any atom is -0.496 e. The molecule has 0 saturated heterocycles. The molecule has 3 aromatic rings. The molecule has 0 saturated carbocycles. The van der Waals surface area contributed by atoms with E-state index < -0.39 is 0 Å². The summed E-state index contributed by atoms with van der Waals surface area (Å²) in [5, 5.41) is 7.35. The van der Waals surface area contributed by atoms with Crippen molar-refractivity contribution in [3.05, 3.63) is 69.6 Å². The second kappa shape index (κ2) is 6.89. The van der Waals surface area contributed by atoms with Crippen LogP contribution in [0.15, 0.2) is 53.5 Å². The maximum absolute atomic E-state index is 12.4. The molecule has 1 N–H and O–H groups in total. The number of ether oxygens (including phenoxy) is 1. The lowest BCUT2D eigenvalue weighted by atomic mass is 10.1. The van der Waals surface area contributed by atoms with Gasteiger partial charge in [0.1, 0.15) is 5.75 Å². The molecule has 118 valence electrons. The van der Waals surface area contributed by atoms with Crippen molar-refractivity contribution in [2.75, 3.05) is 7.11 Å². The molecule has 0 aliphatic rings. The predicted molar refractivity (Wildman–Crippen MR) is 92.8 cm³/mol. The van der Waals surface area contributed by atoms with Gasteiger partial charge in [-0.2, -0.15) is 11.3 Å². The summed E-state index contributed by atoms with van der Waals surface area (Å²) in [5.41, 5.74) is 2.25. The molecule has 0 aliphatic heterocycles. The molecule has 0 spiro atoms. The summed E-state index contributed by atoms with van der Waals surface area (Å²) in [6.07, 6.45) is 3.77. The molecule has 1 aromatic carbocycles. The van der Waals surface area contributed by atoms with Crippen molar-refractivity contribution in [3.63, 3.8) is 0 Å². The molecule has 0 bridgehead atoms. The Bertz CT molecular complexity index is 798. The Kier molecular flexibility index (Phi) is 4.69. The number of halogens is 1. The predicted octanol–water partition coefficient (Wildman–Crippen LogP) is 4.13. The monoisotopic (exact) mass is 346 g/mol. The molecular formula is C17H15ClN2O2S. The molecule has 3 rings (SSSR count). The molecule has 1 amide bonds. The molecule has 2 heterocycles. The SMILES string of the molecule is COc1cc(-n2cccc2)c(Cl)cc1C(=O)NCc1ccsc1. The van der Waals surface area contributed by atoms with Crippen LogP contribution >= 0.6 is 22.9 Å². The highest BCUT2D eigenvalue weighted by atomic mass is 35.5. The van der Waals surface area contributed by atoms with Crippen molar-refractivity contribution in [1.82, 2.24) is 9.88 Å². The van der Waals surface area contributed by atoms with Crippen LogP contribution in [0.4, 0.5) is 0 Å². The van der Waals surface area contributed by atoms with Crippen molar-refractivity contribution < 1.29 is 9.53 Å². The average Bonchev–Trinajstić information content (AvgIpc) is 3.25. The van der Waals surface area contributed by atoms with Crippen molar-refractivity contribution >= 4 is 28.8 Å². The quantitative estimate of drug-likeness (QED) is 0.754. The van der Waals surface area contributed by atoms with Gasteiger partial charge < -0.3 is 14.6 Å². The first-order chi connectivity index (χ1) is 11.2. The van der Waals surface area contributed by atoms with E-state index in [4.69, 9.17) is 16.3 Å². The molecule has 0 aliphatic carbocycles. The van der Waals surface area contributed by atoms with Crippen LogP contribution in [0.3, 0.4) is 0 Å². The van der Waals surface area contributed by atoms with Gasteiger partial charge in [0.25, 0.3) is 5.91 Å². The van der Waals surface area contributed by atoms with Gasteiger partial charge in [0.05, 0.1) is 23.4 Å². The fourth-order valence-corrected chi connectivity index (χ4v) is 3.18. The van der Waals surface area contributed by atoms with E-state index in [1.165, 1.54) is 0 Å². The fraction of sp³-hybridized carbons (Fsp3) is 0.118. The Labute approximate surface area is 143 Å². The first-order valence-corrected chi connectivity index (χ1v) is 8.31. The third-order valence-electron chi connectivity index (χ3n) is 3.43.